The first-order valence-corrected chi connectivity index (χ1v) is 5.62. The lowest BCUT2D eigenvalue weighted by atomic mass is 10.2. The average Bonchev–Trinajstić information content (AvgIpc) is 2.60. The molecule has 3 N–H and O–H groups in total. The molecule has 1 unspecified atom stereocenters. The van der Waals surface area contributed by atoms with Crippen molar-refractivity contribution >= 4 is 28.8 Å². The SMILES string of the molecule is CCC(N)CNC(=O)c1ccc(Cl)s1. The molecule has 1 amide bonds. The summed E-state index contributed by atoms with van der Waals surface area (Å²) in [6.45, 7) is 2.49. The third-order valence-corrected chi connectivity index (χ3v) is 3.08. The van der Waals surface area contributed by atoms with Crippen LogP contribution in [0.1, 0.15) is 23.0 Å². The maximum Gasteiger partial charge on any atom is 0.261 e. The molecule has 0 aliphatic heterocycles. The number of rotatable bonds is 4. The Morgan fingerprint density at radius 2 is 2.43 bits per heavy atom. The van der Waals surface area contributed by atoms with Gasteiger partial charge >= 0.3 is 0 Å². The fraction of sp³-hybridized carbons (Fsp3) is 0.444. The standard InChI is InChI=1S/C9H13ClN2OS/c1-2-6(11)5-12-9(13)7-3-4-8(10)14-7/h3-4,6H,2,5,11H2,1H3,(H,12,13). The summed E-state index contributed by atoms with van der Waals surface area (Å²) in [6.07, 6.45) is 0.853. The topological polar surface area (TPSA) is 55.1 Å². The summed E-state index contributed by atoms with van der Waals surface area (Å²) in [5.74, 6) is -0.106. The van der Waals surface area contributed by atoms with Crippen molar-refractivity contribution in [1.29, 1.82) is 0 Å². The van der Waals surface area contributed by atoms with E-state index in [0.29, 0.717) is 15.8 Å². The third kappa shape index (κ3) is 3.29. The van der Waals surface area contributed by atoms with Crippen LogP contribution in [-0.4, -0.2) is 18.5 Å². The van der Waals surface area contributed by atoms with Crippen molar-refractivity contribution in [2.45, 2.75) is 19.4 Å². The largest absolute Gasteiger partial charge is 0.350 e. The minimum atomic E-state index is -0.106. The van der Waals surface area contributed by atoms with E-state index in [9.17, 15) is 4.79 Å². The molecule has 1 atom stereocenters. The van der Waals surface area contributed by atoms with Gasteiger partial charge in [-0.05, 0) is 18.6 Å². The predicted octanol–water partition coefficient (Wildman–Crippen LogP) is 1.87. The fourth-order valence-corrected chi connectivity index (χ4v) is 1.85. The first-order valence-electron chi connectivity index (χ1n) is 4.42. The van der Waals surface area contributed by atoms with E-state index in [2.05, 4.69) is 5.32 Å². The molecule has 0 spiro atoms. The number of hydrogen-bond acceptors (Lipinski definition) is 3. The van der Waals surface area contributed by atoms with Gasteiger partial charge in [-0.15, -0.1) is 11.3 Å². The normalized spacial score (nSPS) is 12.5. The van der Waals surface area contributed by atoms with E-state index in [4.69, 9.17) is 17.3 Å². The van der Waals surface area contributed by atoms with E-state index >= 15 is 0 Å². The van der Waals surface area contributed by atoms with Gasteiger partial charge in [0.15, 0.2) is 0 Å². The molecule has 1 aromatic rings. The maximum atomic E-state index is 11.5. The molecule has 0 radical (unpaired) electrons. The number of hydrogen-bond donors (Lipinski definition) is 2. The van der Waals surface area contributed by atoms with Crippen LogP contribution in [0.3, 0.4) is 0 Å². The van der Waals surface area contributed by atoms with Crippen molar-refractivity contribution < 1.29 is 4.79 Å². The number of carbonyl (C=O) groups is 1. The zero-order chi connectivity index (χ0) is 10.6. The molecule has 0 aliphatic carbocycles. The number of nitrogens with one attached hydrogen (secondary N) is 1. The Morgan fingerprint density at radius 3 is 2.93 bits per heavy atom. The molecule has 78 valence electrons. The molecule has 0 fully saturated rings. The third-order valence-electron chi connectivity index (χ3n) is 1.85. The van der Waals surface area contributed by atoms with Crippen LogP contribution in [0, 0.1) is 0 Å². The summed E-state index contributed by atoms with van der Waals surface area (Å²) < 4.78 is 0.620. The van der Waals surface area contributed by atoms with Gasteiger partial charge in [-0.2, -0.15) is 0 Å². The highest BCUT2D eigenvalue weighted by Gasteiger charge is 2.08. The maximum absolute atomic E-state index is 11.5. The van der Waals surface area contributed by atoms with Gasteiger partial charge < -0.3 is 11.1 Å². The molecule has 1 aromatic heterocycles. The first-order chi connectivity index (χ1) is 6.63. The Kier molecular flexibility index (Phi) is 4.38. The monoisotopic (exact) mass is 232 g/mol. The number of nitrogens with two attached hydrogens (primary N) is 1. The van der Waals surface area contributed by atoms with E-state index in [1.165, 1.54) is 11.3 Å². The van der Waals surface area contributed by atoms with Crippen LogP contribution < -0.4 is 11.1 Å². The minimum absolute atomic E-state index is 0.0226. The summed E-state index contributed by atoms with van der Waals surface area (Å²) in [5, 5.41) is 2.75. The highest BCUT2D eigenvalue weighted by Crippen LogP contribution is 2.20. The Morgan fingerprint density at radius 1 is 1.71 bits per heavy atom. The van der Waals surface area contributed by atoms with Crippen molar-refractivity contribution in [3.8, 4) is 0 Å². The Balaban J connectivity index is 2.43. The van der Waals surface area contributed by atoms with Crippen molar-refractivity contribution in [2.24, 2.45) is 5.73 Å². The van der Waals surface area contributed by atoms with Crippen molar-refractivity contribution in [2.75, 3.05) is 6.54 Å². The number of carbonyl (C=O) groups excluding carboxylic acids is 1. The second-order valence-corrected chi connectivity index (χ2v) is 4.70. The number of amides is 1. The Hall–Kier alpha value is -0.580. The van der Waals surface area contributed by atoms with Gasteiger partial charge in [-0.1, -0.05) is 18.5 Å². The molecule has 1 heterocycles. The van der Waals surface area contributed by atoms with Crippen LogP contribution >= 0.6 is 22.9 Å². The molecular weight excluding hydrogens is 220 g/mol. The van der Waals surface area contributed by atoms with E-state index in [1.54, 1.807) is 12.1 Å². The van der Waals surface area contributed by atoms with Crippen molar-refractivity contribution in [1.82, 2.24) is 5.32 Å². The van der Waals surface area contributed by atoms with Crippen LogP contribution in [0.15, 0.2) is 12.1 Å². The summed E-state index contributed by atoms with van der Waals surface area (Å²) >= 11 is 6.98. The summed E-state index contributed by atoms with van der Waals surface area (Å²) in [6, 6.07) is 3.44. The van der Waals surface area contributed by atoms with E-state index < -0.39 is 0 Å². The van der Waals surface area contributed by atoms with Crippen LogP contribution in [-0.2, 0) is 0 Å². The first kappa shape index (κ1) is 11.5. The second kappa shape index (κ2) is 5.34. The molecule has 0 aromatic carbocycles. The Labute approximate surface area is 92.3 Å². The molecule has 0 bridgehead atoms. The molecule has 0 saturated carbocycles. The summed E-state index contributed by atoms with van der Waals surface area (Å²) in [4.78, 5) is 12.1. The predicted molar refractivity (Wildman–Crippen MR) is 59.9 cm³/mol. The zero-order valence-electron chi connectivity index (χ0n) is 7.92. The second-order valence-electron chi connectivity index (χ2n) is 2.98. The fourth-order valence-electron chi connectivity index (χ4n) is 0.892. The Bertz CT molecular complexity index is 314. The van der Waals surface area contributed by atoms with Crippen molar-refractivity contribution in [3.05, 3.63) is 21.3 Å². The van der Waals surface area contributed by atoms with Gasteiger partial charge in [0.1, 0.15) is 0 Å². The van der Waals surface area contributed by atoms with E-state index in [0.717, 1.165) is 6.42 Å². The highest BCUT2D eigenvalue weighted by atomic mass is 35.5. The molecular formula is C9H13ClN2OS. The van der Waals surface area contributed by atoms with Crippen LogP contribution in [0.2, 0.25) is 4.34 Å². The zero-order valence-corrected chi connectivity index (χ0v) is 9.49. The van der Waals surface area contributed by atoms with Gasteiger partial charge in [0.2, 0.25) is 0 Å². The van der Waals surface area contributed by atoms with Crippen molar-refractivity contribution in [3.63, 3.8) is 0 Å². The van der Waals surface area contributed by atoms with Crippen LogP contribution in [0.4, 0.5) is 0 Å². The quantitative estimate of drug-likeness (QED) is 0.833. The smallest absolute Gasteiger partial charge is 0.261 e. The van der Waals surface area contributed by atoms with Gasteiger partial charge in [-0.3, -0.25) is 4.79 Å². The highest BCUT2D eigenvalue weighted by molar-refractivity contribution is 7.17. The van der Waals surface area contributed by atoms with Gasteiger partial charge in [-0.25, -0.2) is 0 Å². The van der Waals surface area contributed by atoms with Gasteiger partial charge in [0.05, 0.1) is 9.21 Å². The minimum Gasteiger partial charge on any atom is -0.350 e. The van der Waals surface area contributed by atoms with Gasteiger partial charge in [0.25, 0.3) is 5.91 Å². The van der Waals surface area contributed by atoms with E-state index in [1.807, 2.05) is 6.92 Å². The molecule has 3 nitrogen and oxygen atoms in total. The van der Waals surface area contributed by atoms with E-state index in [-0.39, 0.29) is 11.9 Å². The lowest BCUT2D eigenvalue weighted by Gasteiger charge is -2.08. The average molecular weight is 233 g/mol. The number of thiophene rings is 1. The summed E-state index contributed by atoms with van der Waals surface area (Å²) in [5.41, 5.74) is 5.67. The molecule has 1 rings (SSSR count). The van der Waals surface area contributed by atoms with Crippen LogP contribution in [0.25, 0.3) is 0 Å². The molecule has 14 heavy (non-hydrogen) atoms. The van der Waals surface area contributed by atoms with Gasteiger partial charge in [0, 0.05) is 12.6 Å². The lowest BCUT2D eigenvalue weighted by molar-refractivity contribution is 0.0955. The van der Waals surface area contributed by atoms with Crippen LogP contribution in [0.5, 0.6) is 0 Å². The summed E-state index contributed by atoms with van der Waals surface area (Å²) in [7, 11) is 0. The molecule has 5 heteroatoms. The molecule has 0 aliphatic rings. The molecule has 0 saturated heterocycles. The lowest BCUT2D eigenvalue weighted by Crippen LogP contribution is -2.36. The number of halogens is 1.